The SMILES string of the molecule is Cc1ccc(C)cc1.Cc1ccc2c(c1)C(C)(C)c1ccccc1-2. The molecule has 3 aromatic rings. The van der Waals surface area contributed by atoms with Crippen molar-refractivity contribution in [2.75, 3.05) is 0 Å². The molecule has 0 atom stereocenters. The van der Waals surface area contributed by atoms with E-state index in [1.165, 1.54) is 38.9 Å². The zero-order valence-electron chi connectivity index (χ0n) is 15.4. The van der Waals surface area contributed by atoms with Crippen LogP contribution >= 0.6 is 0 Å². The molecule has 0 heterocycles. The molecular formula is C24H26. The smallest absolute Gasteiger partial charge is 0.0158 e. The average molecular weight is 314 g/mol. The van der Waals surface area contributed by atoms with Crippen molar-refractivity contribution in [3.63, 3.8) is 0 Å². The summed E-state index contributed by atoms with van der Waals surface area (Å²) in [5, 5.41) is 0. The number of benzene rings is 3. The maximum Gasteiger partial charge on any atom is 0.0158 e. The summed E-state index contributed by atoms with van der Waals surface area (Å²) in [6.07, 6.45) is 0. The summed E-state index contributed by atoms with van der Waals surface area (Å²) in [5.74, 6) is 0. The summed E-state index contributed by atoms with van der Waals surface area (Å²) >= 11 is 0. The molecule has 0 spiro atoms. The number of rotatable bonds is 0. The Balaban J connectivity index is 0.000000179. The fourth-order valence-electron chi connectivity index (χ4n) is 3.46. The van der Waals surface area contributed by atoms with E-state index in [4.69, 9.17) is 0 Å². The van der Waals surface area contributed by atoms with Gasteiger partial charge >= 0.3 is 0 Å². The van der Waals surface area contributed by atoms with Crippen molar-refractivity contribution in [1.82, 2.24) is 0 Å². The Morgan fingerprint density at radius 2 is 1.04 bits per heavy atom. The van der Waals surface area contributed by atoms with Gasteiger partial charge in [0.05, 0.1) is 0 Å². The normalized spacial score (nSPS) is 13.5. The molecule has 0 aliphatic heterocycles. The van der Waals surface area contributed by atoms with Crippen molar-refractivity contribution in [2.45, 2.75) is 40.0 Å². The molecule has 0 amide bonds. The molecule has 24 heavy (non-hydrogen) atoms. The number of hydrogen-bond acceptors (Lipinski definition) is 0. The van der Waals surface area contributed by atoms with Gasteiger partial charge in [-0.15, -0.1) is 0 Å². The van der Waals surface area contributed by atoms with Gasteiger partial charge in [-0.25, -0.2) is 0 Å². The van der Waals surface area contributed by atoms with E-state index in [0.29, 0.717) is 0 Å². The van der Waals surface area contributed by atoms with E-state index in [0.717, 1.165) is 0 Å². The maximum absolute atomic E-state index is 2.33. The molecule has 0 aromatic heterocycles. The van der Waals surface area contributed by atoms with Crippen LogP contribution in [0.3, 0.4) is 0 Å². The third kappa shape index (κ3) is 3.01. The van der Waals surface area contributed by atoms with Crippen LogP contribution in [-0.2, 0) is 5.41 Å². The number of hydrogen-bond donors (Lipinski definition) is 0. The Morgan fingerprint density at radius 3 is 1.67 bits per heavy atom. The first-order valence-electron chi connectivity index (χ1n) is 8.64. The standard InChI is InChI=1S/C16H16.C8H10/c1-11-8-9-13-12-6-4-5-7-14(12)16(2,3)15(13)10-11;1-7-3-5-8(2)6-4-7/h4-10H,1-3H3;3-6H,1-2H3. The van der Waals surface area contributed by atoms with Crippen LogP contribution in [0.2, 0.25) is 0 Å². The molecule has 4 rings (SSSR count). The predicted molar refractivity (Wildman–Crippen MR) is 105 cm³/mol. The van der Waals surface area contributed by atoms with Crippen molar-refractivity contribution >= 4 is 0 Å². The largest absolute Gasteiger partial charge is 0.0619 e. The third-order valence-corrected chi connectivity index (χ3v) is 4.96. The van der Waals surface area contributed by atoms with Crippen LogP contribution in [0, 0.1) is 20.8 Å². The third-order valence-electron chi connectivity index (χ3n) is 4.96. The molecule has 0 bridgehead atoms. The lowest BCUT2D eigenvalue weighted by atomic mass is 9.82. The first-order valence-corrected chi connectivity index (χ1v) is 8.64. The van der Waals surface area contributed by atoms with Crippen LogP contribution in [0.1, 0.15) is 41.7 Å². The number of aryl methyl sites for hydroxylation is 3. The summed E-state index contributed by atoms with van der Waals surface area (Å²) in [7, 11) is 0. The first kappa shape index (κ1) is 16.5. The molecule has 0 radical (unpaired) electrons. The molecule has 0 heteroatoms. The van der Waals surface area contributed by atoms with Gasteiger partial charge < -0.3 is 0 Å². The van der Waals surface area contributed by atoms with Crippen LogP contribution in [0.15, 0.2) is 66.7 Å². The van der Waals surface area contributed by atoms with E-state index in [1.54, 1.807) is 0 Å². The van der Waals surface area contributed by atoms with Crippen molar-refractivity contribution < 1.29 is 0 Å². The van der Waals surface area contributed by atoms with Crippen molar-refractivity contribution in [3.8, 4) is 11.1 Å². The lowest BCUT2D eigenvalue weighted by Crippen LogP contribution is -2.14. The zero-order valence-corrected chi connectivity index (χ0v) is 15.4. The lowest BCUT2D eigenvalue weighted by Gasteiger charge is -2.21. The van der Waals surface area contributed by atoms with E-state index >= 15 is 0 Å². The molecule has 0 saturated heterocycles. The fraction of sp³-hybridized carbons (Fsp3) is 0.250. The van der Waals surface area contributed by atoms with Gasteiger partial charge in [-0.1, -0.05) is 97.3 Å². The molecule has 0 nitrogen and oxygen atoms in total. The van der Waals surface area contributed by atoms with E-state index < -0.39 is 0 Å². The van der Waals surface area contributed by atoms with Gasteiger partial charge in [0.1, 0.15) is 0 Å². The second-order valence-electron chi connectivity index (χ2n) is 7.37. The lowest BCUT2D eigenvalue weighted by molar-refractivity contribution is 0.660. The van der Waals surface area contributed by atoms with Gasteiger partial charge in [0.2, 0.25) is 0 Å². The minimum absolute atomic E-state index is 0.151. The first-order chi connectivity index (χ1) is 11.4. The molecule has 3 aromatic carbocycles. The van der Waals surface area contributed by atoms with E-state index in [-0.39, 0.29) is 5.41 Å². The Morgan fingerprint density at radius 1 is 0.542 bits per heavy atom. The second-order valence-corrected chi connectivity index (χ2v) is 7.37. The van der Waals surface area contributed by atoms with Gasteiger partial charge in [0.25, 0.3) is 0 Å². The average Bonchev–Trinajstić information content (AvgIpc) is 2.79. The number of fused-ring (bicyclic) bond motifs is 3. The van der Waals surface area contributed by atoms with Crippen LogP contribution in [-0.4, -0.2) is 0 Å². The summed E-state index contributed by atoms with van der Waals surface area (Å²) in [4.78, 5) is 0. The molecule has 0 fully saturated rings. The van der Waals surface area contributed by atoms with E-state index in [2.05, 4.69) is 101 Å². The minimum atomic E-state index is 0.151. The van der Waals surface area contributed by atoms with E-state index in [1.807, 2.05) is 0 Å². The maximum atomic E-state index is 2.33. The fourth-order valence-corrected chi connectivity index (χ4v) is 3.46. The highest BCUT2D eigenvalue weighted by molar-refractivity contribution is 5.80. The monoisotopic (exact) mass is 314 g/mol. The molecular weight excluding hydrogens is 288 g/mol. The van der Waals surface area contributed by atoms with Crippen molar-refractivity contribution in [2.24, 2.45) is 0 Å². The van der Waals surface area contributed by atoms with Crippen LogP contribution in [0.4, 0.5) is 0 Å². The second kappa shape index (κ2) is 6.28. The Hall–Kier alpha value is -2.34. The molecule has 122 valence electrons. The van der Waals surface area contributed by atoms with Gasteiger partial charge in [-0.3, -0.25) is 0 Å². The van der Waals surface area contributed by atoms with Crippen molar-refractivity contribution in [1.29, 1.82) is 0 Å². The zero-order chi connectivity index (χ0) is 17.3. The molecule has 1 aliphatic rings. The van der Waals surface area contributed by atoms with Gasteiger partial charge in [0.15, 0.2) is 0 Å². The topological polar surface area (TPSA) is 0 Å². The molecule has 0 saturated carbocycles. The van der Waals surface area contributed by atoms with Gasteiger partial charge in [-0.2, -0.15) is 0 Å². The van der Waals surface area contributed by atoms with Crippen LogP contribution < -0.4 is 0 Å². The highest BCUT2D eigenvalue weighted by atomic mass is 14.4. The predicted octanol–water partition coefficient (Wildman–Crippen LogP) is 6.60. The highest BCUT2D eigenvalue weighted by Crippen LogP contribution is 2.48. The van der Waals surface area contributed by atoms with E-state index in [9.17, 15) is 0 Å². The summed E-state index contributed by atoms with van der Waals surface area (Å²) < 4.78 is 0. The quantitative estimate of drug-likeness (QED) is 0.438. The summed E-state index contributed by atoms with van der Waals surface area (Å²) in [6.45, 7) is 11.0. The molecule has 0 N–H and O–H groups in total. The van der Waals surface area contributed by atoms with Crippen LogP contribution in [0.25, 0.3) is 11.1 Å². The van der Waals surface area contributed by atoms with Crippen molar-refractivity contribution in [3.05, 3.63) is 94.5 Å². The van der Waals surface area contributed by atoms with Crippen LogP contribution in [0.5, 0.6) is 0 Å². The minimum Gasteiger partial charge on any atom is -0.0619 e. The summed E-state index contributed by atoms with van der Waals surface area (Å²) in [5.41, 5.74) is 9.89. The summed E-state index contributed by atoms with van der Waals surface area (Å²) in [6, 6.07) is 24.0. The Kier molecular flexibility index (Phi) is 4.32. The van der Waals surface area contributed by atoms with Gasteiger partial charge in [-0.05, 0) is 43.0 Å². The highest BCUT2D eigenvalue weighted by Gasteiger charge is 2.34. The van der Waals surface area contributed by atoms with Gasteiger partial charge in [0, 0.05) is 5.41 Å². The molecule has 0 unspecified atom stereocenters. The Bertz CT molecular complexity index is 830. The Labute approximate surface area is 146 Å². The molecule has 1 aliphatic carbocycles.